The van der Waals surface area contributed by atoms with Gasteiger partial charge in [0, 0.05) is 58.4 Å². The molecule has 1 aromatic carbocycles. The fourth-order valence-electron chi connectivity index (χ4n) is 3.02. The van der Waals surface area contributed by atoms with Crippen molar-refractivity contribution in [2.45, 2.75) is 20.4 Å². The first-order chi connectivity index (χ1) is 12.4. The van der Waals surface area contributed by atoms with Crippen LogP contribution in [0.25, 0.3) is 0 Å². The highest BCUT2D eigenvalue weighted by Gasteiger charge is 2.28. The first-order valence-electron chi connectivity index (χ1n) is 9.00. The third kappa shape index (κ3) is 7.12. The van der Waals surface area contributed by atoms with Gasteiger partial charge >= 0.3 is 0 Å². The normalized spacial score (nSPS) is 15.9. The van der Waals surface area contributed by atoms with E-state index < -0.39 is 5.41 Å². The number of carbonyl (C=O) groups is 1. The van der Waals surface area contributed by atoms with Gasteiger partial charge in [-0.15, -0.1) is 24.0 Å². The molecule has 1 aliphatic heterocycles. The molecule has 0 aliphatic carbocycles. The van der Waals surface area contributed by atoms with Crippen LogP contribution >= 0.6 is 35.6 Å². The molecule has 0 unspecified atom stereocenters. The maximum absolute atomic E-state index is 11.9. The number of piperazine rings is 1. The standard InChI is InChI=1S/C19H30ClN5O.HI/c1-19(2,17(26)21-3)14-23-18(22-4)25-11-9-24(10-12-25)13-15-5-7-16(20)8-6-15;/h5-8H,9-14H2,1-4H3,(H,21,26)(H,22,23);1H. The molecule has 8 heteroatoms. The highest BCUT2D eigenvalue weighted by molar-refractivity contribution is 14.0. The van der Waals surface area contributed by atoms with E-state index in [4.69, 9.17) is 11.6 Å². The maximum atomic E-state index is 11.9. The second-order valence-electron chi connectivity index (χ2n) is 7.25. The molecule has 0 bridgehead atoms. The summed E-state index contributed by atoms with van der Waals surface area (Å²) in [6.07, 6.45) is 0. The van der Waals surface area contributed by atoms with Crippen LogP contribution in [0.1, 0.15) is 19.4 Å². The third-order valence-electron chi connectivity index (χ3n) is 4.73. The van der Waals surface area contributed by atoms with Gasteiger partial charge in [-0.25, -0.2) is 0 Å². The SMILES string of the molecule is CN=C(NCC(C)(C)C(=O)NC)N1CCN(Cc2ccc(Cl)cc2)CC1.I. The van der Waals surface area contributed by atoms with Crippen molar-refractivity contribution in [1.29, 1.82) is 0 Å². The summed E-state index contributed by atoms with van der Waals surface area (Å²) in [4.78, 5) is 21.0. The van der Waals surface area contributed by atoms with Crippen LogP contribution in [-0.4, -0.2) is 68.5 Å². The predicted molar refractivity (Wildman–Crippen MR) is 123 cm³/mol. The highest BCUT2D eigenvalue weighted by Crippen LogP contribution is 2.15. The van der Waals surface area contributed by atoms with Crippen molar-refractivity contribution in [2.75, 3.05) is 46.8 Å². The van der Waals surface area contributed by atoms with Crippen LogP contribution in [0.3, 0.4) is 0 Å². The lowest BCUT2D eigenvalue weighted by molar-refractivity contribution is -0.128. The lowest BCUT2D eigenvalue weighted by Gasteiger charge is -2.37. The number of hydrogen-bond donors (Lipinski definition) is 2. The number of hydrogen-bond acceptors (Lipinski definition) is 3. The lowest BCUT2D eigenvalue weighted by Crippen LogP contribution is -2.54. The summed E-state index contributed by atoms with van der Waals surface area (Å²) in [5.41, 5.74) is 0.791. The summed E-state index contributed by atoms with van der Waals surface area (Å²) in [5, 5.41) is 6.83. The lowest BCUT2D eigenvalue weighted by atomic mass is 9.92. The van der Waals surface area contributed by atoms with Crippen molar-refractivity contribution in [2.24, 2.45) is 10.4 Å². The largest absolute Gasteiger partial charge is 0.359 e. The quantitative estimate of drug-likeness (QED) is 0.365. The molecule has 1 heterocycles. The second-order valence-corrected chi connectivity index (χ2v) is 7.69. The molecule has 27 heavy (non-hydrogen) atoms. The van der Waals surface area contributed by atoms with Crippen LogP contribution < -0.4 is 10.6 Å². The molecule has 0 saturated carbocycles. The zero-order valence-corrected chi connectivity index (χ0v) is 19.7. The summed E-state index contributed by atoms with van der Waals surface area (Å²) in [7, 11) is 3.45. The zero-order chi connectivity index (χ0) is 19.2. The fraction of sp³-hybridized carbons (Fsp3) is 0.579. The Kier molecular flexibility index (Phi) is 9.83. The van der Waals surface area contributed by atoms with Crippen molar-refractivity contribution < 1.29 is 4.79 Å². The van der Waals surface area contributed by atoms with Gasteiger partial charge in [0.25, 0.3) is 0 Å². The van der Waals surface area contributed by atoms with Crippen molar-refractivity contribution in [3.63, 3.8) is 0 Å². The second kappa shape index (κ2) is 11.1. The van der Waals surface area contributed by atoms with E-state index in [-0.39, 0.29) is 29.9 Å². The van der Waals surface area contributed by atoms with Gasteiger partial charge in [-0.2, -0.15) is 0 Å². The van der Waals surface area contributed by atoms with Crippen molar-refractivity contribution in [3.8, 4) is 0 Å². The van der Waals surface area contributed by atoms with Gasteiger partial charge in [0.15, 0.2) is 5.96 Å². The average Bonchev–Trinajstić information content (AvgIpc) is 2.64. The van der Waals surface area contributed by atoms with Gasteiger partial charge in [-0.3, -0.25) is 14.7 Å². The van der Waals surface area contributed by atoms with Crippen molar-refractivity contribution in [3.05, 3.63) is 34.9 Å². The van der Waals surface area contributed by atoms with Gasteiger partial charge in [-0.1, -0.05) is 23.7 Å². The minimum Gasteiger partial charge on any atom is -0.359 e. The first kappa shape index (κ1) is 24.0. The monoisotopic (exact) mass is 507 g/mol. The van der Waals surface area contributed by atoms with Crippen LogP contribution in [0.15, 0.2) is 29.3 Å². The summed E-state index contributed by atoms with van der Waals surface area (Å²) in [6.45, 7) is 9.10. The number of rotatable bonds is 5. The van der Waals surface area contributed by atoms with Crippen molar-refractivity contribution in [1.82, 2.24) is 20.4 Å². The molecule has 0 radical (unpaired) electrons. The minimum atomic E-state index is -0.485. The van der Waals surface area contributed by atoms with Crippen LogP contribution in [-0.2, 0) is 11.3 Å². The molecule has 1 aliphatic rings. The van der Waals surface area contributed by atoms with Crippen LogP contribution in [0.5, 0.6) is 0 Å². The molecule has 2 N–H and O–H groups in total. The molecule has 2 rings (SSSR count). The Morgan fingerprint density at radius 1 is 1.19 bits per heavy atom. The molecule has 6 nitrogen and oxygen atoms in total. The number of amides is 1. The Morgan fingerprint density at radius 3 is 2.30 bits per heavy atom. The van der Waals surface area contributed by atoms with Gasteiger partial charge < -0.3 is 15.5 Å². The molecule has 0 aromatic heterocycles. The molecular weight excluding hydrogens is 477 g/mol. The third-order valence-corrected chi connectivity index (χ3v) is 4.99. The molecule has 0 atom stereocenters. The number of nitrogens with one attached hydrogen (secondary N) is 2. The van der Waals surface area contributed by atoms with Crippen LogP contribution in [0, 0.1) is 5.41 Å². The minimum absolute atomic E-state index is 0. The van der Waals surface area contributed by atoms with E-state index >= 15 is 0 Å². The molecule has 152 valence electrons. The van der Waals surface area contributed by atoms with E-state index in [1.165, 1.54) is 5.56 Å². The van der Waals surface area contributed by atoms with Crippen molar-refractivity contribution >= 4 is 47.4 Å². The number of nitrogens with zero attached hydrogens (tertiary/aromatic N) is 3. The van der Waals surface area contributed by atoms with Gasteiger partial charge in [0.05, 0.1) is 5.41 Å². The molecule has 1 fully saturated rings. The summed E-state index contributed by atoms with van der Waals surface area (Å²) in [6, 6.07) is 8.03. The average molecular weight is 508 g/mol. The Labute approximate surface area is 184 Å². The topological polar surface area (TPSA) is 60.0 Å². The van der Waals surface area contributed by atoms with E-state index in [0.29, 0.717) is 6.54 Å². The van der Waals surface area contributed by atoms with E-state index in [2.05, 4.69) is 37.6 Å². The van der Waals surface area contributed by atoms with E-state index in [0.717, 1.165) is 43.7 Å². The number of benzene rings is 1. The Bertz CT molecular complexity index is 627. The Balaban J connectivity index is 0.00000364. The highest BCUT2D eigenvalue weighted by atomic mass is 127. The first-order valence-corrected chi connectivity index (χ1v) is 9.38. The smallest absolute Gasteiger partial charge is 0.227 e. The molecular formula is C19H31ClIN5O. The summed E-state index contributed by atoms with van der Waals surface area (Å²) >= 11 is 5.95. The zero-order valence-electron chi connectivity index (χ0n) is 16.6. The van der Waals surface area contributed by atoms with E-state index in [9.17, 15) is 4.79 Å². The van der Waals surface area contributed by atoms with Crippen LogP contribution in [0.4, 0.5) is 0 Å². The summed E-state index contributed by atoms with van der Waals surface area (Å²) in [5.74, 6) is 0.876. The Hall–Kier alpha value is -1.06. The maximum Gasteiger partial charge on any atom is 0.227 e. The van der Waals surface area contributed by atoms with Gasteiger partial charge in [-0.05, 0) is 31.5 Å². The van der Waals surface area contributed by atoms with E-state index in [1.807, 2.05) is 26.0 Å². The number of guanidine groups is 1. The van der Waals surface area contributed by atoms with Crippen LogP contribution in [0.2, 0.25) is 5.02 Å². The molecule has 1 aromatic rings. The molecule has 0 spiro atoms. The van der Waals surface area contributed by atoms with E-state index in [1.54, 1.807) is 14.1 Å². The van der Waals surface area contributed by atoms with Gasteiger partial charge in [0.1, 0.15) is 0 Å². The Morgan fingerprint density at radius 2 is 1.78 bits per heavy atom. The molecule has 1 amide bonds. The summed E-state index contributed by atoms with van der Waals surface area (Å²) < 4.78 is 0. The number of carbonyl (C=O) groups excluding carboxylic acids is 1. The number of halogens is 2. The predicted octanol–water partition coefficient (Wildman–Crippen LogP) is 2.42. The fourth-order valence-corrected chi connectivity index (χ4v) is 3.14. The van der Waals surface area contributed by atoms with Gasteiger partial charge in [0.2, 0.25) is 5.91 Å². The number of aliphatic imine (C=N–C) groups is 1. The molecule has 1 saturated heterocycles.